The second-order valence-corrected chi connectivity index (χ2v) is 1.73. The van der Waals surface area contributed by atoms with Gasteiger partial charge in [0.2, 0.25) is 5.82 Å². The first-order valence-electron chi connectivity index (χ1n) is 2.77. The van der Waals surface area contributed by atoms with Gasteiger partial charge in [-0.3, -0.25) is 0 Å². The third-order valence-corrected chi connectivity index (χ3v) is 0.918. The van der Waals surface area contributed by atoms with Crippen LogP contribution in [0, 0.1) is 0 Å². The standard InChI is InChI=1S/C5H6N2O4.K/c1-10-2-3-6-4(5(8)9)7-11-3;/h2H2,1H3,(H,8,9);/q;+1/p-1. The first kappa shape index (κ1) is 12.2. The van der Waals surface area contributed by atoms with E-state index in [9.17, 15) is 9.90 Å². The number of aromatic carboxylic acids is 1. The zero-order valence-corrected chi connectivity index (χ0v) is 9.86. The minimum atomic E-state index is -1.46. The van der Waals surface area contributed by atoms with Crippen molar-refractivity contribution in [1.29, 1.82) is 0 Å². The molecule has 0 saturated heterocycles. The fourth-order valence-corrected chi connectivity index (χ4v) is 0.520. The zero-order chi connectivity index (χ0) is 8.27. The molecule has 0 amide bonds. The molecular formula is C5H5KN2O4. The Bertz CT molecular complexity index is 262. The monoisotopic (exact) mass is 196 g/mol. The molecule has 0 aliphatic carbocycles. The van der Waals surface area contributed by atoms with Crippen LogP contribution >= 0.6 is 0 Å². The second-order valence-electron chi connectivity index (χ2n) is 1.73. The predicted octanol–water partition coefficient (Wildman–Crippen LogP) is -4.42. The number of hydrogen-bond donors (Lipinski definition) is 0. The minimum Gasteiger partial charge on any atom is -0.541 e. The van der Waals surface area contributed by atoms with Crippen LogP contribution in [0.1, 0.15) is 16.5 Å². The van der Waals surface area contributed by atoms with Gasteiger partial charge in [-0.15, -0.1) is 0 Å². The number of carboxylic acid groups (broad SMARTS) is 1. The Hall–Kier alpha value is 0.206. The summed E-state index contributed by atoms with van der Waals surface area (Å²) in [6.07, 6.45) is 0. The predicted molar refractivity (Wildman–Crippen MR) is 29.3 cm³/mol. The molecule has 0 N–H and O–H groups in total. The third kappa shape index (κ3) is 3.29. The van der Waals surface area contributed by atoms with Crippen molar-refractivity contribution in [3.63, 3.8) is 0 Å². The van der Waals surface area contributed by atoms with Crippen molar-refractivity contribution in [2.75, 3.05) is 7.11 Å². The van der Waals surface area contributed by atoms with Crippen molar-refractivity contribution >= 4 is 5.97 Å². The molecule has 12 heavy (non-hydrogen) atoms. The van der Waals surface area contributed by atoms with E-state index in [1.165, 1.54) is 7.11 Å². The summed E-state index contributed by atoms with van der Waals surface area (Å²) in [5, 5.41) is 13.2. The Balaban J connectivity index is 0.00000121. The number of hydrogen-bond acceptors (Lipinski definition) is 6. The zero-order valence-electron chi connectivity index (χ0n) is 6.73. The van der Waals surface area contributed by atoms with Gasteiger partial charge in [0.25, 0.3) is 5.89 Å². The first-order valence-corrected chi connectivity index (χ1v) is 2.77. The summed E-state index contributed by atoms with van der Waals surface area (Å²) in [6, 6.07) is 0. The van der Waals surface area contributed by atoms with Gasteiger partial charge in [0.15, 0.2) is 0 Å². The molecule has 1 heterocycles. The Morgan fingerprint density at radius 1 is 1.75 bits per heavy atom. The molecule has 7 heteroatoms. The number of carbonyl (C=O) groups excluding carboxylic acids is 1. The number of carbonyl (C=O) groups is 1. The van der Waals surface area contributed by atoms with Gasteiger partial charge in [-0.05, 0) is 0 Å². The molecule has 0 unspecified atom stereocenters. The SMILES string of the molecule is COCc1nc(C(=O)[O-])no1.[K+]. The maximum absolute atomic E-state index is 10.1. The van der Waals surface area contributed by atoms with Crippen molar-refractivity contribution in [3.8, 4) is 0 Å². The van der Waals surface area contributed by atoms with Crippen LogP contribution in [-0.4, -0.2) is 23.2 Å². The molecule has 1 aromatic rings. The largest absolute Gasteiger partial charge is 1.00 e. The number of rotatable bonds is 3. The van der Waals surface area contributed by atoms with Crippen LogP contribution in [0.15, 0.2) is 4.52 Å². The molecule has 60 valence electrons. The fraction of sp³-hybridized carbons (Fsp3) is 0.400. The molecule has 6 nitrogen and oxygen atoms in total. The van der Waals surface area contributed by atoms with Crippen molar-refractivity contribution < 1.29 is 70.5 Å². The molecule has 0 bridgehead atoms. The van der Waals surface area contributed by atoms with Gasteiger partial charge in [-0.25, -0.2) is 0 Å². The molecular weight excluding hydrogens is 191 g/mol. The van der Waals surface area contributed by atoms with E-state index in [1.807, 2.05) is 0 Å². The Morgan fingerprint density at radius 2 is 2.42 bits per heavy atom. The van der Waals surface area contributed by atoms with Crippen LogP contribution in [0.3, 0.4) is 0 Å². The number of methoxy groups -OCH3 is 1. The van der Waals surface area contributed by atoms with E-state index in [0.717, 1.165) is 0 Å². The van der Waals surface area contributed by atoms with Gasteiger partial charge in [-0.2, -0.15) is 4.98 Å². The molecule has 0 radical (unpaired) electrons. The summed E-state index contributed by atoms with van der Waals surface area (Å²) in [4.78, 5) is 13.5. The van der Waals surface area contributed by atoms with E-state index in [2.05, 4.69) is 19.4 Å². The summed E-state index contributed by atoms with van der Waals surface area (Å²) >= 11 is 0. The number of ether oxygens (including phenoxy) is 1. The summed E-state index contributed by atoms with van der Waals surface area (Å²) in [5.74, 6) is -1.81. The second kappa shape index (κ2) is 5.78. The molecule has 1 aromatic heterocycles. The molecule has 0 aliphatic rings. The molecule has 0 fully saturated rings. The van der Waals surface area contributed by atoms with Crippen LogP contribution in [-0.2, 0) is 11.3 Å². The Kier molecular flexibility index (Phi) is 5.88. The molecule has 0 aromatic carbocycles. The quantitative estimate of drug-likeness (QED) is 0.453. The van der Waals surface area contributed by atoms with Gasteiger partial charge in [0.1, 0.15) is 12.6 Å². The molecule has 0 aliphatic heterocycles. The third-order valence-electron chi connectivity index (χ3n) is 0.918. The topological polar surface area (TPSA) is 88.3 Å². The average Bonchev–Trinajstić information content (AvgIpc) is 2.37. The van der Waals surface area contributed by atoms with E-state index < -0.39 is 11.8 Å². The van der Waals surface area contributed by atoms with Gasteiger partial charge in [-0.1, -0.05) is 5.16 Å². The van der Waals surface area contributed by atoms with E-state index in [4.69, 9.17) is 0 Å². The first-order chi connectivity index (χ1) is 5.24. The average molecular weight is 196 g/mol. The molecule has 1 rings (SSSR count). The maximum atomic E-state index is 10.1. The molecule has 0 saturated carbocycles. The van der Waals surface area contributed by atoms with E-state index in [1.54, 1.807) is 0 Å². The normalized spacial score (nSPS) is 9.08. The van der Waals surface area contributed by atoms with Gasteiger partial charge in [0, 0.05) is 7.11 Å². The van der Waals surface area contributed by atoms with Gasteiger partial charge < -0.3 is 19.2 Å². The number of aromatic nitrogens is 2. The Labute approximate surface area is 111 Å². The van der Waals surface area contributed by atoms with Crippen LogP contribution in [0.4, 0.5) is 0 Å². The minimum absolute atomic E-state index is 0. The summed E-state index contributed by atoms with van der Waals surface area (Å²) in [5.41, 5.74) is 0. The van der Waals surface area contributed by atoms with Crippen LogP contribution < -0.4 is 56.5 Å². The summed E-state index contributed by atoms with van der Waals surface area (Å²) < 4.78 is 9.07. The van der Waals surface area contributed by atoms with E-state index >= 15 is 0 Å². The van der Waals surface area contributed by atoms with Crippen molar-refractivity contribution in [1.82, 2.24) is 10.1 Å². The summed E-state index contributed by atoms with van der Waals surface area (Å²) in [6.45, 7) is 0.0975. The van der Waals surface area contributed by atoms with Gasteiger partial charge >= 0.3 is 51.4 Å². The van der Waals surface area contributed by atoms with Crippen LogP contribution in [0.25, 0.3) is 0 Å². The molecule has 0 atom stereocenters. The van der Waals surface area contributed by atoms with Crippen LogP contribution in [0.5, 0.6) is 0 Å². The van der Waals surface area contributed by atoms with E-state index in [0.29, 0.717) is 0 Å². The van der Waals surface area contributed by atoms with Gasteiger partial charge in [0.05, 0.1) is 0 Å². The van der Waals surface area contributed by atoms with Crippen LogP contribution in [0.2, 0.25) is 0 Å². The summed E-state index contributed by atoms with van der Waals surface area (Å²) in [7, 11) is 1.43. The van der Waals surface area contributed by atoms with Crippen molar-refractivity contribution in [2.24, 2.45) is 0 Å². The maximum Gasteiger partial charge on any atom is 1.00 e. The van der Waals surface area contributed by atoms with E-state index in [-0.39, 0.29) is 63.9 Å². The smallest absolute Gasteiger partial charge is 0.541 e. The Morgan fingerprint density at radius 3 is 2.83 bits per heavy atom. The number of carboxylic acids is 1. The molecule has 0 spiro atoms. The fourth-order valence-electron chi connectivity index (χ4n) is 0.520. The van der Waals surface area contributed by atoms with Crippen molar-refractivity contribution in [2.45, 2.75) is 6.61 Å². The number of nitrogens with zero attached hydrogens (tertiary/aromatic N) is 2. The van der Waals surface area contributed by atoms with Crippen molar-refractivity contribution in [3.05, 3.63) is 11.7 Å².